The van der Waals surface area contributed by atoms with Crippen molar-refractivity contribution in [1.29, 1.82) is 0 Å². The first-order valence-electron chi connectivity index (χ1n) is 7.53. The molecule has 126 valence electrons. The van der Waals surface area contributed by atoms with Gasteiger partial charge in [-0.25, -0.2) is 4.79 Å². The van der Waals surface area contributed by atoms with Gasteiger partial charge in [0.25, 0.3) is 0 Å². The Balaban J connectivity index is 1.72. The Bertz CT molecular complexity index is 688. The molecule has 4 N–H and O–H groups in total. The minimum Gasteiger partial charge on any atom is -0.461 e. The van der Waals surface area contributed by atoms with Crippen molar-refractivity contribution in [2.24, 2.45) is 5.73 Å². The molecule has 0 aromatic heterocycles. The van der Waals surface area contributed by atoms with Crippen molar-refractivity contribution in [1.82, 2.24) is 0 Å². The van der Waals surface area contributed by atoms with Crippen LogP contribution in [0, 0.1) is 0 Å². The van der Waals surface area contributed by atoms with Crippen LogP contribution in [-0.2, 0) is 20.9 Å². The SMILES string of the molecule is Nc1ccccc1C(=O)OCC(N)CC(=O)OCc1ccccc1. The number of nitrogens with two attached hydrogens (primary N) is 2. The normalized spacial score (nSPS) is 11.5. The first-order valence-corrected chi connectivity index (χ1v) is 7.53. The lowest BCUT2D eigenvalue weighted by molar-refractivity contribution is -0.145. The molecule has 0 aliphatic heterocycles. The van der Waals surface area contributed by atoms with Gasteiger partial charge in [-0.05, 0) is 17.7 Å². The third kappa shape index (κ3) is 5.40. The van der Waals surface area contributed by atoms with Gasteiger partial charge in [-0.3, -0.25) is 4.79 Å². The van der Waals surface area contributed by atoms with Gasteiger partial charge in [-0.2, -0.15) is 0 Å². The number of anilines is 1. The molecule has 2 aromatic rings. The lowest BCUT2D eigenvalue weighted by Gasteiger charge is -2.12. The predicted molar refractivity (Wildman–Crippen MR) is 90.0 cm³/mol. The predicted octanol–water partition coefficient (Wildman–Crippen LogP) is 1.89. The first-order chi connectivity index (χ1) is 11.6. The van der Waals surface area contributed by atoms with E-state index >= 15 is 0 Å². The highest BCUT2D eigenvalue weighted by Gasteiger charge is 2.15. The molecule has 1 unspecified atom stereocenters. The van der Waals surface area contributed by atoms with Gasteiger partial charge in [-0.1, -0.05) is 42.5 Å². The molecule has 1 atom stereocenters. The van der Waals surface area contributed by atoms with Gasteiger partial charge in [0.15, 0.2) is 0 Å². The molecule has 6 nitrogen and oxygen atoms in total. The number of nitrogen functional groups attached to an aromatic ring is 1. The van der Waals surface area contributed by atoms with Crippen molar-refractivity contribution in [3.8, 4) is 0 Å². The highest BCUT2D eigenvalue weighted by Crippen LogP contribution is 2.12. The summed E-state index contributed by atoms with van der Waals surface area (Å²) >= 11 is 0. The van der Waals surface area contributed by atoms with Gasteiger partial charge in [0, 0.05) is 11.7 Å². The zero-order chi connectivity index (χ0) is 17.4. The van der Waals surface area contributed by atoms with Gasteiger partial charge >= 0.3 is 11.9 Å². The fourth-order valence-electron chi connectivity index (χ4n) is 2.01. The molecule has 0 heterocycles. The summed E-state index contributed by atoms with van der Waals surface area (Å²) < 4.78 is 10.2. The Morgan fingerprint density at radius 1 is 0.958 bits per heavy atom. The summed E-state index contributed by atoms with van der Waals surface area (Å²) in [5.74, 6) is -1.01. The maximum absolute atomic E-state index is 11.9. The molecule has 0 radical (unpaired) electrons. The van der Waals surface area contributed by atoms with Crippen LogP contribution in [0.2, 0.25) is 0 Å². The van der Waals surface area contributed by atoms with Crippen LogP contribution in [0.1, 0.15) is 22.3 Å². The second kappa shape index (κ2) is 8.69. The molecule has 0 saturated carbocycles. The van der Waals surface area contributed by atoms with Gasteiger partial charge in [0.2, 0.25) is 0 Å². The van der Waals surface area contributed by atoms with Crippen molar-refractivity contribution in [3.05, 3.63) is 65.7 Å². The van der Waals surface area contributed by atoms with Crippen LogP contribution in [0.3, 0.4) is 0 Å². The molecular formula is C18H20N2O4. The third-order valence-electron chi connectivity index (χ3n) is 3.28. The Morgan fingerprint density at radius 2 is 1.62 bits per heavy atom. The number of esters is 2. The summed E-state index contributed by atoms with van der Waals surface area (Å²) in [7, 11) is 0. The van der Waals surface area contributed by atoms with Crippen LogP contribution in [0.25, 0.3) is 0 Å². The van der Waals surface area contributed by atoms with Crippen molar-refractivity contribution < 1.29 is 19.1 Å². The Kier molecular flexibility index (Phi) is 6.33. The highest BCUT2D eigenvalue weighted by atomic mass is 16.5. The van der Waals surface area contributed by atoms with Crippen molar-refractivity contribution in [2.75, 3.05) is 12.3 Å². The van der Waals surface area contributed by atoms with E-state index in [1.165, 1.54) is 0 Å². The van der Waals surface area contributed by atoms with E-state index in [-0.39, 0.29) is 25.2 Å². The maximum Gasteiger partial charge on any atom is 0.340 e. The first kappa shape index (κ1) is 17.5. The molecule has 0 bridgehead atoms. The van der Waals surface area contributed by atoms with Crippen LogP contribution < -0.4 is 11.5 Å². The lowest BCUT2D eigenvalue weighted by atomic mass is 10.2. The number of rotatable bonds is 7. The molecule has 2 rings (SSSR count). The average molecular weight is 328 g/mol. The van der Waals surface area contributed by atoms with Crippen molar-refractivity contribution in [3.63, 3.8) is 0 Å². The minimum absolute atomic E-state index is 0.0373. The molecule has 0 spiro atoms. The summed E-state index contributed by atoms with van der Waals surface area (Å²) in [5.41, 5.74) is 13.0. The van der Waals surface area contributed by atoms with Crippen molar-refractivity contribution >= 4 is 17.6 Å². The van der Waals surface area contributed by atoms with Gasteiger partial charge in [0.1, 0.15) is 13.2 Å². The van der Waals surface area contributed by atoms with Crippen LogP contribution in [0.5, 0.6) is 0 Å². The number of hydrogen-bond donors (Lipinski definition) is 2. The van der Waals surface area contributed by atoms with Crippen molar-refractivity contribution in [2.45, 2.75) is 19.1 Å². The number of benzene rings is 2. The van der Waals surface area contributed by atoms with E-state index in [9.17, 15) is 9.59 Å². The monoisotopic (exact) mass is 328 g/mol. The summed E-state index contributed by atoms with van der Waals surface area (Å²) in [4.78, 5) is 23.6. The van der Waals surface area contributed by atoms with E-state index in [1.807, 2.05) is 30.3 Å². The number of ether oxygens (including phenoxy) is 2. The number of carbonyl (C=O) groups excluding carboxylic acids is 2. The summed E-state index contributed by atoms with van der Waals surface area (Å²) in [6.07, 6.45) is -0.0373. The molecule has 2 aromatic carbocycles. The number of hydrogen-bond acceptors (Lipinski definition) is 6. The molecule has 0 aliphatic rings. The van der Waals surface area contributed by atoms with Crippen LogP contribution in [0.4, 0.5) is 5.69 Å². The largest absolute Gasteiger partial charge is 0.461 e. The van der Waals surface area contributed by atoms with Crippen LogP contribution >= 0.6 is 0 Å². The summed E-state index contributed by atoms with van der Waals surface area (Å²) in [6.45, 7) is 0.0976. The lowest BCUT2D eigenvalue weighted by Crippen LogP contribution is -2.31. The average Bonchev–Trinajstić information content (AvgIpc) is 2.59. The molecule has 24 heavy (non-hydrogen) atoms. The third-order valence-corrected chi connectivity index (χ3v) is 3.28. The Labute approximate surface area is 140 Å². The Hall–Kier alpha value is -2.86. The molecule has 0 fully saturated rings. The number of para-hydroxylation sites is 1. The molecule has 0 saturated heterocycles. The fourth-order valence-corrected chi connectivity index (χ4v) is 2.01. The van der Waals surface area contributed by atoms with Gasteiger partial charge < -0.3 is 20.9 Å². The molecule has 6 heteroatoms. The smallest absolute Gasteiger partial charge is 0.340 e. The molecule has 0 amide bonds. The van der Waals surface area contributed by atoms with Crippen LogP contribution in [0.15, 0.2) is 54.6 Å². The summed E-state index contributed by atoms with van der Waals surface area (Å²) in [5, 5.41) is 0. The zero-order valence-electron chi connectivity index (χ0n) is 13.2. The molecule has 0 aliphatic carbocycles. The zero-order valence-corrected chi connectivity index (χ0v) is 13.2. The van der Waals surface area contributed by atoms with E-state index in [1.54, 1.807) is 24.3 Å². The van der Waals surface area contributed by atoms with E-state index in [4.69, 9.17) is 20.9 Å². The van der Waals surface area contributed by atoms with Gasteiger partial charge in [-0.15, -0.1) is 0 Å². The fraction of sp³-hybridized carbons (Fsp3) is 0.222. The maximum atomic E-state index is 11.9. The summed E-state index contributed by atoms with van der Waals surface area (Å²) in [6, 6.07) is 15.3. The second-order valence-corrected chi connectivity index (χ2v) is 5.30. The van der Waals surface area contributed by atoms with E-state index in [0.717, 1.165) is 5.56 Å². The van der Waals surface area contributed by atoms with Crippen LogP contribution in [-0.4, -0.2) is 24.6 Å². The van der Waals surface area contributed by atoms with Gasteiger partial charge in [0.05, 0.1) is 12.0 Å². The highest BCUT2D eigenvalue weighted by molar-refractivity contribution is 5.94. The Morgan fingerprint density at radius 3 is 2.33 bits per heavy atom. The van der Waals surface area contributed by atoms with E-state index < -0.39 is 18.0 Å². The van der Waals surface area contributed by atoms with E-state index in [2.05, 4.69) is 0 Å². The molecular weight excluding hydrogens is 308 g/mol. The quantitative estimate of drug-likeness (QED) is 0.594. The number of carbonyl (C=O) groups is 2. The second-order valence-electron chi connectivity index (χ2n) is 5.30. The van der Waals surface area contributed by atoms with E-state index in [0.29, 0.717) is 5.69 Å². The standard InChI is InChI=1S/C18H20N2O4/c19-14(10-17(21)23-11-13-6-2-1-3-7-13)12-24-18(22)15-8-4-5-9-16(15)20/h1-9,14H,10-12,19-20H2. The topological polar surface area (TPSA) is 105 Å². The minimum atomic E-state index is -0.637.